The van der Waals surface area contributed by atoms with E-state index in [4.69, 9.17) is 0 Å². The van der Waals surface area contributed by atoms with Gasteiger partial charge in [0.2, 0.25) is 0 Å². The van der Waals surface area contributed by atoms with Crippen molar-refractivity contribution in [2.45, 2.75) is 51.3 Å². The van der Waals surface area contributed by atoms with Crippen molar-refractivity contribution in [1.82, 2.24) is 0 Å². The molecule has 0 atom stereocenters. The number of benzene rings is 1. The molecule has 0 aliphatic heterocycles. The maximum atomic E-state index is 12.6. The van der Waals surface area contributed by atoms with Crippen LogP contribution in [0.25, 0.3) is 0 Å². The predicted octanol–water partition coefficient (Wildman–Crippen LogP) is 4.49. The Hall–Kier alpha value is -1.03. The lowest BCUT2D eigenvalue weighted by Crippen LogP contribution is -2.25. The second kappa shape index (κ2) is 5.74. The molecular formula is C14H19F3O. The third-order valence-corrected chi connectivity index (χ3v) is 3.05. The molecule has 102 valence electrons. The summed E-state index contributed by atoms with van der Waals surface area (Å²) in [7, 11) is 0. The Balaban J connectivity index is 3.13. The van der Waals surface area contributed by atoms with Gasteiger partial charge in [-0.05, 0) is 30.5 Å². The molecule has 18 heavy (non-hydrogen) atoms. The first-order valence-electron chi connectivity index (χ1n) is 6.23. The minimum absolute atomic E-state index is 0.362. The largest absolute Gasteiger partial charge is 0.416 e. The van der Waals surface area contributed by atoms with Crippen molar-refractivity contribution in [3.63, 3.8) is 0 Å². The molecule has 0 aliphatic carbocycles. The Morgan fingerprint density at radius 1 is 1.00 bits per heavy atom. The summed E-state index contributed by atoms with van der Waals surface area (Å²) in [6.45, 7) is 3.82. The van der Waals surface area contributed by atoms with Gasteiger partial charge < -0.3 is 5.11 Å². The van der Waals surface area contributed by atoms with Crippen LogP contribution in [0.2, 0.25) is 0 Å². The Morgan fingerprint density at radius 2 is 1.50 bits per heavy atom. The third-order valence-electron chi connectivity index (χ3n) is 3.05. The van der Waals surface area contributed by atoms with Crippen molar-refractivity contribution in [3.05, 3.63) is 35.4 Å². The van der Waals surface area contributed by atoms with Crippen LogP contribution in [0.15, 0.2) is 24.3 Å². The van der Waals surface area contributed by atoms with E-state index >= 15 is 0 Å². The van der Waals surface area contributed by atoms with Crippen LogP contribution in [0.1, 0.15) is 50.7 Å². The van der Waals surface area contributed by atoms with Crippen LogP contribution in [0.3, 0.4) is 0 Å². The van der Waals surface area contributed by atoms with E-state index in [1.54, 1.807) is 6.07 Å². The standard InChI is InChI=1S/C14H19F3O/c1-3-8-13(18,9-4-2)11-6-5-7-12(10-11)14(15,16)17/h5-7,10,18H,3-4,8-9H2,1-2H3. The summed E-state index contributed by atoms with van der Waals surface area (Å²) in [6.07, 6.45) is -1.96. The molecule has 0 saturated heterocycles. The van der Waals surface area contributed by atoms with E-state index in [-0.39, 0.29) is 0 Å². The molecule has 1 aromatic carbocycles. The molecule has 0 saturated carbocycles. The van der Waals surface area contributed by atoms with Gasteiger partial charge in [-0.15, -0.1) is 0 Å². The second-order valence-electron chi connectivity index (χ2n) is 4.61. The lowest BCUT2D eigenvalue weighted by molar-refractivity contribution is -0.137. The number of rotatable bonds is 5. The highest BCUT2D eigenvalue weighted by Crippen LogP contribution is 2.35. The van der Waals surface area contributed by atoms with Crippen LogP contribution in [0.5, 0.6) is 0 Å². The Labute approximate surface area is 106 Å². The lowest BCUT2D eigenvalue weighted by atomic mass is 9.84. The summed E-state index contributed by atoms with van der Waals surface area (Å²) in [5, 5.41) is 10.5. The molecule has 0 heterocycles. The number of aliphatic hydroxyl groups is 1. The van der Waals surface area contributed by atoms with Gasteiger partial charge in [0.25, 0.3) is 0 Å². The maximum absolute atomic E-state index is 12.6. The maximum Gasteiger partial charge on any atom is 0.416 e. The molecule has 0 bridgehead atoms. The molecule has 4 heteroatoms. The van der Waals surface area contributed by atoms with E-state index in [1.807, 2.05) is 13.8 Å². The van der Waals surface area contributed by atoms with Crippen molar-refractivity contribution < 1.29 is 18.3 Å². The molecule has 1 rings (SSSR count). The summed E-state index contributed by atoms with van der Waals surface area (Å²) in [4.78, 5) is 0. The van der Waals surface area contributed by atoms with Gasteiger partial charge in [-0.1, -0.05) is 38.8 Å². The fraction of sp³-hybridized carbons (Fsp3) is 0.571. The van der Waals surface area contributed by atoms with E-state index in [1.165, 1.54) is 6.07 Å². The molecular weight excluding hydrogens is 241 g/mol. The molecule has 1 aromatic rings. The van der Waals surface area contributed by atoms with E-state index in [9.17, 15) is 18.3 Å². The smallest absolute Gasteiger partial charge is 0.385 e. The molecule has 0 amide bonds. The quantitative estimate of drug-likeness (QED) is 0.826. The van der Waals surface area contributed by atoms with Gasteiger partial charge >= 0.3 is 6.18 Å². The average molecular weight is 260 g/mol. The molecule has 0 spiro atoms. The number of alkyl halides is 3. The van der Waals surface area contributed by atoms with Gasteiger partial charge in [0.1, 0.15) is 0 Å². The van der Waals surface area contributed by atoms with E-state index < -0.39 is 17.3 Å². The first kappa shape index (κ1) is 15.0. The predicted molar refractivity (Wildman–Crippen MR) is 65.2 cm³/mol. The zero-order valence-corrected chi connectivity index (χ0v) is 10.7. The lowest BCUT2D eigenvalue weighted by Gasteiger charge is -2.28. The van der Waals surface area contributed by atoms with Gasteiger partial charge in [0.15, 0.2) is 0 Å². The van der Waals surface area contributed by atoms with E-state index in [0.717, 1.165) is 25.0 Å². The monoisotopic (exact) mass is 260 g/mol. The van der Waals surface area contributed by atoms with Crippen LogP contribution in [-0.4, -0.2) is 5.11 Å². The minimum atomic E-state index is -4.37. The van der Waals surface area contributed by atoms with Crippen LogP contribution >= 0.6 is 0 Å². The topological polar surface area (TPSA) is 20.2 Å². The van der Waals surface area contributed by atoms with Gasteiger partial charge in [0, 0.05) is 0 Å². The van der Waals surface area contributed by atoms with Crippen molar-refractivity contribution in [2.75, 3.05) is 0 Å². The molecule has 1 N–H and O–H groups in total. The first-order chi connectivity index (χ1) is 8.33. The van der Waals surface area contributed by atoms with Gasteiger partial charge in [-0.2, -0.15) is 13.2 Å². The minimum Gasteiger partial charge on any atom is -0.385 e. The third kappa shape index (κ3) is 3.48. The van der Waals surface area contributed by atoms with Crippen LogP contribution < -0.4 is 0 Å². The zero-order chi connectivity index (χ0) is 13.8. The zero-order valence-electron chi connectivity index (χ0n) is 10.7. The van der Waals surface area contributed by atoms with Crippen molar-refractivity contribution in [3.8, 4) is 0 Å². The first-order valence-corrected chi connectivity index (χ1v) is 6.23. The number of hydrogen-bond acceptors (Lipinski definition) is 1. The van der Waals surface area contributed by atoms with Crippen molar-refractivity contribution in [1.29, 1.82) is 0 Å². The Morgan fingerprint density at radius 3 is 1.94 bits per heavy atom. The van der Waals surface area contributed by atoms with Crippen LogP contribution in [-0.2, 0) is 11.8 Å². The average Bonchev–Trinajstić information content (AvgIpc) is 2.29. The molecule has 0 radical (unpaired) electrons. The van der Waals surface area contributed by atoms with Gasteiger partial charge in [0.05, 0.1) is 11.2 Å². The fourth-order valence-corrected chi connectivity index (χ4v) is 2.23. The highest BCUT2D eigenvalue weighted by molar-refractivity contribution is 5.30. The van der Waals surface area contributed by atoms with Crippen LogP contribution in [0.4, 0.5) is 13.2 Å². The van der Waals surface area contributed by atoms with Gasteiger partial charge in [-0.25, -0.2) is 0 Å². The summed E-state index contributed by atoms with van der Waals surface area (Å²) < 4.78 is 37.9. The van der Waals surface area contributed by atoms with Crippen LogP contribution in [0, 0.1) is 0 Å². The Kier molecular flexibility index (Phi) is 4.79. The van der Waals surface area contributed by atoms with E-state index in [0.29, 0.717) is 18.4 Å². The second-order valence-corrected chi connectivity index (χ2v) is 4.61. The number of hydrogen-bond donors (Lipinski definition) is 1. The fourth-order valence-electron chi connectivity index (χ4n) is 2.23. The van der Waals surface area contributed by atoms with Gasteiger partial charge in [-0.3, -0.25) is 0 Å². The normalized spacial score (nSPS) is 12.8. The molecule has 0 fully saturated rings. The summed E-state index contributed by atoms with van der Waals surface area (Å²) in [6, 6.07) is 5.02. The Bertz CT molecular complexity index is 379. The van der Waals surface area contributed by atoms with Crippen molar-refractivity contribution >= 4 is 0 Å². The molecule has 0 aromatic heterocycles. The molecule has 0 unspecified atom stereocenters. The molecule has 0 aliphatic rings. The summed E-state index contributed by atoms with van der Waals surface area (Å²) in [5.74, 6) is 0. The molecule has 1 nitrogen and oxygen atoms in total. The highest BCUT2D eigenvalue weighted by atomic mass is 19.4. The van der Waals surface area contributed by atoms with E-state index in [2.05, 4.69) is 0 Å². The summed E-state index contributed by atoms with van der Waals surface area (Å²) >= 11 is 0. The number of halogens is 3. The van der Waals surface area contributed by atoms with Crippen molar-refractivity contribution in [2.24, 2.45) is 0 Å². The SMILES string of the molecule is CCCC(O)(CCC)c1cccc(C(F)(F)F)c1. The highest BCUT2D eigenvalue weighted by Gasteiger charge is 2.33. The summed E-state index contributed by atoms with van der Waals surface area (Å²) in [5.41, 5.74) is -1.49.